The lowest BCUT2D eigenvalue weighted by molar-refractivity contribution is -0.182. The van der Waals surface area contributed by atoms with E-state index in [0.29, 0.717) is 30.6 Å². The molecule has 6 rings (SSSR count). The lowest BCUT2D eigenvalue weighted by Crippen LogP contribution is -2.68. The van der Waals surface area contributed by atoms with Crippen molar-refractivity contribution in [1.29, 1.82) is 0 Å². The van der Waals surface area contributed by atoms with Crippen LogP contribution in [0.4, 0.5) is 22.0 Å². The maximum atomic E-state index is 16.0. The maximum absolute atomic E-state index is 16.0. The second kappa shape index (κ2) is 32.9. The molecule has 11 atom stereocenters. The van der Waals surface area contributed by atoms with E-state index < -0.39 is 181 Å². The minimum atomic E-state index is -4.57. The lowest BCUT2D eigenvalue weighted by atomic mass is 9.74. The van der Waals surface area contributed by atoms with E-state index in [9.17, 15) is 51.5 Å². The molecule has 4 saturated carbocycles. The first-order valence-electron chi connectivity index (χ1n) is 34.0. The molecule has 6 aliphatic rings. The van der Waals surface area contributed by atoms with Gasteiger partial charge in [0.2, 0.25) is 65.0 Å². The molecule has 6 fully saturated rings. The van der Waals surface area contributed by atoms with Crippen LogP contribution < -0.4 is 16.0 Å². The molecule has 1 spiro atoms. The summed E-state index contributed by atoms with van der Waals surface area (Å²) in [4.78, 5) is 170. The van der Waals surface area contributed by atoms with Gasteiger partial charge in [0.1, 0.15) is 41.8 Å². The summed E-state index contributed by atoms with van der Waals surface area (Å²) in [6.07, 6.45) is 1.45. The molecule has 0 radical (unpaired) electrons. The molecular formula is C66H105ClF5N11O11. The molecule has 22 nitrogen and oxygen atoms in total. The largest absolute Gasteiger partial charge is 0.393 e. The van der Waals surface area contributed by atoms with Crippen molar-refractivity contribution >= 4 is 76.6 Å². The molecule has 3 unspecified atom stereocenters. The van der Waals surface area contributed by atoms with Crippen LogP contribution in [0.1, 0.15) is 176 Å². The first-order valence-corrected chi connectivity index (χ1v) is 34.5. The van der Waals surface area contributed by atoms with Gasteiger partial charge in [0.25, 0.3) is 5.92 Å². The zero-order valence-corrected chi connectivity index (χ0v) is 58.1. The number of carbonyl (C=O) groups excluding carboxylic acids is 11. The summed E-state index contributed by atoms with van der Waals surface area (Å²) in [5.74, 6) is -15.0. The molecule has 11 amide bonds. The van der Waals surface area contributed by atoms with Gasteiger partial charge in [-0.15, -0.1) is 11.6 Å². The number of amides is 11. The van der Waals surface area contributed by atoms with Crippen molar-refractivity contribution in [2.45, 2.75) is 241 Å². The number of nitrogens with zero attached hydrogens (tertiary/aromatic N) is 8. The summed E-state index contributed by atoms with van der Waals surface area (Å²) in [6.45, 7) is 5.92. The van der Waals surface area contributed by atoms with Crippen LogP contribution in [-0.2, 0) is 52.7 Å². The summed E-state index contributed by atoms with van der Waals surface area (Å²) in [5.41, 5.74) is -1.70. The number of fused-ring (bicyclic) bond motifs is 1. The fraction of sp³-hybridized carbons (Fsp3) is 0.833. The molecule has 94 heavy (non-hydrogen) atoms. The van der Waals surface area contributed by atoms with Gasteiger partial charge in [-0.25, -0.2) is 8.78 Å². The minimum Gasteiger partial charge on any atom is -0.343 e. The van der Waals surface area contributed by atoms with Crippen LogP contribution >= 0.6 is 11.6 Å². The van der Waals surface area contributed by atoms with Crippen molar-refractivity contribution in [3.63, 3.8) is 0 Å². The van der Waals surface area contributed by atoms with Crippen molar-refractivity contribution < 1.29 is 74.7 Å². The molecule has 28 heteroatoms. The third-order valence-electron chi connectivity index (χ3n) is 21.3. The molecule has 0 aromatic rings. The van der Waals surface area contributed by atoms with Crippen molar-refractivity contribution in [2.75, 3.05) is 75.5 Å². The van der Waals surface area contributed by atoms with Gasteiger partial charge in [0, 0.05) is 73.6 Å². The van der Waals surface area contributed by atoms with Gasteiger partial charge in [-0.05, 0) is 114 Å². The number of hydrogen-bond donors (Lipinski definition) is 3. The third kappa shape index (κ3) is 19.2. The van der Waals surface area contributed by atoms with Crippen LogP contribution in [0.5, 0.6) is 0 Å². The molecule has 2 heterocycles. The van der Waals surface area contributed by atoms with E-state index in [0.717, 1.165) is 59.6 Å². The van der Waals surface area contributed by atoms with Crippen LogP contribution in [0.15, 0.2) is 0 Å². The Labute approximate surface area is 556 Å². The molecule has 2 saturated heterocycles. The normalized spacial score (nSPS) is 30.6. The number of alkyl halides is 6. The molecule has 2 aliphatic heterocycles. The van der Waals surface area contributed by atoms with Crippen LogP contribution in [0.25, 0.3) is 0 Å². The smallest absolute Gasteiger partial charge is 0.343 e. The second-order valence-corrected chi connectivity index (χ2v) is 29.4. The number of hydrogen-bond acceptors (Lipinski definition) is 11. The van der Waals surface area contributed by atoms with Gasteiger partial charge < -0.3 is 55.1 Å². The minimum absolute atomic E-state index is 0.00196. The monoisotopic (exact) mass is 1360 g/mol. The fourth-order valence-corrected chi connectivity index (χ4v) is 15.3. The van der Waals surface area contributed by atoms with E-state index in [1.54, 1.807) is 13.8 Å². The Morgan fingerprint density at radius 3 is 1.79 bits per heavy atom. The van der Waals surface area contributed by atoms with Crippen molar-refractivity contribution in [1.82, 2.24) is 55.1 Å². The number of carbonyl (C=O) groups is 11. The molecule has 4 aliphatic carbocycles. The van der Waals surface area contributed by atoms with E-state index >= 15 is 23.2 Å². The number of halogens is 6. The fourth-order valence-electron chi connectivity index (χ4n) is 14.8. The maximum Gasteiger partial charge on any atom is 0.393 e. The number of rotatable bonds is 10. The molecule has 0 bridgehead atoms. The van der Waals surface area contributed by atoms with Gasteiger partial charge in [0.05, 0.1) is 32.1 Å². The Kier molecular flexibility index (Phi) is 27.0. The highest BCUT2D eigenvalue weighted by Crippen LogP contribution is 2.44. The topological polar surface area (TPSA) is 250 Å². The van der Waals surface area contributed by atoms with Gasteiger partial charge in [-0.2, -0.15) is 13.2 Å². The predicted molar refractivity (Wildman–Crippen MR) is 341 cm³/mol. The first-order chi connectivity index (χ1) is 43.9. The van der Waals surface area contributed by atoms with Crippen molar-refractivity contribution in [2.24, 2.45) is 35.5 Å². The van der Waals surface area contributed by atoms with Crippen molar-refractivity contribution in [3.05, 3.63) is 0 Å². The summed E-state index contributed by atoms with van der Waals surface area (Å²) in [6, 6.07) is -8.90. The Balaban J connectivity index is 1.38. The zero-order chi connectivity index (χ0) is 70.1. The van der Waals surface area contributed by atoms with Gasteiger partial charge in [0.15, 0.2) is 0 Å². The summed E-state index contributed by atoms with van der Waals surface area (Å²) < 4.78 is 73.7. The summed E-state index contributed by atoms with van der Waals surface area (Å²) in [7, 11) is 9.87. The highest BCUT2D eigenvalue weighted by molar-refractivity contribution is 6.20. The molecule has 532 valence electrons. The summed E-state index contributed by atoms with van der Waals surface area (Å²) in [5, 5.41) is 6.92. The van der Waals surface area contributed by atoms with E-state index in [1.807, 2.05) is 20.8 Å². The Bertz CT molecular complexity index is 2730. The standard InChI is InChI=1S/C66H105ClF5N11O11/c1-13-40(4)55-61(92)78(8)36-53(86)76(6)37-54(87)81(11)49(33-42-20-15-14-16-21-42)60(91)77(7)35-51(84)73-47(27-25-43-24-26-45(46(67)32-43)66(70,71)72)59(90)83-38-65(68,69)34-50(83)58(89)75-64(28-19-29-64)63(94)82(12)56(44-22-17-18-23-44)62(93)79(9)41(5)31-52(85)80(10)48(30-39(2)3)57(88)74-55/h39-50,55-56H,13-38H2,1-12H3,(H,73,84)(H,74,88)(H,75,89)/t40-,41+,43?,45?,46?,47-,48-,49-,50-,55-,56-/m0/s1. The van der Waals surface area contributed by atoms with E-state index in [2.05, 4.69) is 16.0 Å². The second-order valence-electron chi connectivity index (χ2n) is 28.8. The Morgan fingerprint density at radius 2 is 1.21 bits per heavy atom. The molecule has 0 aromatic heterocycles. The molecule has 0 aromatic carbocycles. The number of nitrogens with one attached hydrogen (secondary N) is 3. The van der Waals surface area contributed by atoms with E-state index in [1.165, 1.54) is 68.9 Å². The van der Waals surface area contributed by atoms with E-state index in [-0.39, 0.29) is 82.0 Å². The van der Waals surface area contributed by atoms with Gasteiger partial charge in [-0.3, -0.25) is 52.7 Å². The van der Waals surface area contributed by atoms with Crippen molar-refractivity contribution in [3.8, 4) is 0 Å². The highest BCUT2D eigenvalue weighted by Gasteiger charge is 2.56. The SMILES string of the molecule is CC[C@H](C)[C@@H]1NC(=O)[C@H](CC(C)C)N(C)C(=O)C[C@@H](C)N(C)C(=O)[C@H](C2CCCC2)N(C)C(=O)C2(CCC2)NC(=O)[C@@H]2CC(F)(F)CN2C(=O)[C@H](CCC2CCC(C(F)(F)F)C(Cl)C2)NC(=O)CN(C)C(=O)[C@H](CC2CCCCC2)N(C)C(=O)CN(C)C(=O)CN(C)C1=O. The predicted octanol–water partition coefficient (Wildman–Crippen LogP) is 5.96. The molecule has 3 N–H and O–H groups in total. The first kappa shape index (κ1) is 77.1. The average molecular weight is 1360 g/mol. The van der Waals surface area contributed by atoms with Crippen LogP contribution in [-0.4, -0.2) is 245 Å². The summed E-state index contributed by atoms with van der Waals surface area (Å²) >= 11 is 6.32. The number of likely N-dealkylation sites (N-methyl/N-ethyl adjacent to an activating group) is 7. The zero-order valence-electron chi connectivity index (χ0n) is 57.3. The van der Waals surface area contributed by atoms with Crippen LogP contribution in [0.3, 0.4) is 0 Å². The third-order valence-corrected chi connectivity index (χ3v) is 21.8. The Hall–Kier alpha value is -5.89. The quantitative estimate of drug-likeness (QED) is 0.170. The molecular weight excluding hydrogens is 1250 g/mol. The van der Waals surface area contributed by atoms with Crippen LogP contribution in [0, 0.1) is 35.5 Å². The Morgan fingerprint density at radius 1 is 0.617 bits per heavy atom. The lowest BCUT2D eigenvalue weighted by Gasteiger charge is -2.46. The van der Waals surface area contributed by atoms with Gasteiger partial charge in [-0.1, -0.05) is 79.1 Å². The van der Waals surface area contributed by atoms with E-state index in [4.69, 9.17) is 11.6 Å². The van der Waals surface area contributed by atoms with Crippen LogP contribution in [0.2, 0.25) is 0 Å². The highest BCUT2D eigenvalue weighted by atomic mass is 35.5. The average Bonchev–Trinajstić information content (AvgIpc) is 1.25. The van der Waals surface area contributed by atoms with Gasteiger partial charge >= 0.3 is 6.18 Å².